The molecule has 2 rings (SSSR count). The van der Waals surface area contributed by atoms with Crippen molar-refractivity contribution in [2.75, 3.05) is 13.2 Å². The van der Waals surface area contributed by atoms with Crippen LogP contribution >= 0.6 is 0 Å². The lowest BCUT2D eigenvalue weighted by atomic mass is 10.4. The maximum Gasteiger partial charge on any atom is 0.129 e. The van der Waals surface area contributed by atoms with Crippen molar-refractivity contribution in [1.29, 1.82) is 0 Å². The highest BCUT2D eigenvalue weighted by molar-refractivity contribution is 5.02. The van der Waals surface area contributed by atoms with Gasteiger partial charge in [0.05, 0.1) is 6.26 Å². The zero-order valence-electron chi connectivity index (χ0n) is 9.82. The van der Waals surface area contributed by atoms with E-state index in [0.29, 0.717) is 6.61 Å². The Morgan fingerprint density at radius 3 is 3.06 bits per heavy atom. The molecular formula is C13H18N2O2. The zero-order chi connectivity index (χ0) is 11.8. The highest BCUT2D eigenvalue weighted by atomic mass is 16.5. The SMILES string of the molecule is c1c[nH]c(CNCCCOCc2ccco2)c1. The molecule has 2 heterocycles. The maximum absolute atomic E-state index is 5.47. The lowest BCUT2D eigenvalue weighted by molar-refractivity contribution is 0.104. The van der Waals surface area contributed by atoms with Crippen molar-refractivity contribution in [2.45, 2.75) is 19.6 Å². The van der Waals surface area contributed by atoms with E-state index >= 15 is 0 Å². The van der Waals surface area contributed by atoms with E-state index in [0.717, 1.165) is 31.9 Å². The van der Waals surface area contributed by atoms with E-state index in [1.54, 1.807) is 6.26 Å². The summed E-state index contributed by atoms with van der Waals surface area (Å²) >= 11 is 0. The van der Waals surface area contributed by atoms with E-state index in [4.69, 9.17) is 9.15 Å². The molecule has 2 aromatic heterocycles. The summed E-state index contributed by atoms with van der Waals surface area (Å²) in [5.41, 5.74) is 1.21. The minimum Gasteiger partial charge on any atom is -0.467 e. The minimum absolute atomic E-state index is 0.559. The lowest BCUT2D eigenvalue weighted by Crippen LogP contribution is -2.16. The predicted octanol–water partition coefficient (Wildman–Crippen LogP) is 2.30. The van der Waals surface area contributed by atoms with Crippen LogP contribution < -0.4 is 5.32 Å². The first-order valence-corrected chi connectivity index (χ1v) is 5.88. The Morgan fingerprint density at radius 1 is 1.29 bits per heavy atom. The van der Waals surface area contributed by atoms with Crippen molar-refractivity contribution in [3.63, 3.8) is 0 Å². The Hall–Kier alpha value is -1.52. The van der Waals surface area contributed by atoms with Gasteiger partial charge < -0.3 is 19.5 Å². The van der Waals surface area contributed by atoms with Gasteiger partial charge >= 0.3 is 0 Å². The van der Waals surface area contributed by atoms with E-state index in [-0.39, 0.29) is 0 Å². The maximum atomic E-state index is 5.47. The third kappa shape index (κ3) is 4.46. The Labute approximate surface area is 101 Å². The molecule has 17 heavy (non-hydrogen) atoms. The summed E-state index contributed by atoms with van der Waals surface area (Å²) in [7, 11) is 0. The molecule has 0 aliphatic rings. The summed E-state index contributed by atoms with van der Waals surface area (Å²) in [5.74, 6) is 0.879. The van der Waals surface area contributed by atoms with Crippen molar-refractivity contribution in [3.05, 3.63) is 48.2 Å². The average Bonchev–Trinajstić information content (AvgIpc) is 3.00. The van der Waals surface area contributed by atoms with Crippen LogP contribution in [0.2, 0.25) is 0 Å². The van der Waals surface area contributed by atoms with Crippen molar-refractivity contribution in [2.24, 2.45) is 0 Å². The van der Waals surface area contributed by atoms with Crippen molar-refractivity contribution >= 4 is 0 Å². The zero-order valence-corrected chi connectivity index (χ0v) is 9.82. The molecule has 0 aliphatic heterocycles. The van der Waals surface area contributed by atoms with E-state index in [1.165, 1.54) is 5.69 Å². The number of aromatic amines is 1. The largest absolute Gasteiger partial charge is 0.467 e. The third-order valence-electron chi connectivity index (χ3n) is 2.44. The topological polar surface area (TPSA) is 50.2 Å². The normalized spacial score (nSPS) is 10.8. The van der Waals surface area contributed by atoms with Crippen LogP contribution in [-0.4, -0.2) is 18.1 Å². The van der Waals surface area contributed by atoms with Crippen LogP contribution in [0.1, 0.15) is 17.9 Å². The highest BCUT2D eigenvalue weighted by Gasteiger charge is 1.95. The molecule has 0 aromatic carbocycles. The molecule has 0 saturated carbocycles. The van der Waals surface area contributed by atoms with Gasteiger partial charge in [0.1, 0.15) is 12.4 Å². The van der Waals surface area contributed by atoms with Gasteiger partial charge in [-0.25, -0.2) is 0 Å². The predicted molar refractivity (Wildman–Crippen MR) is 65.5 cm³/mol. The summed E-state index contributed by atoms with van der Waals surface area (Å²) in [6.45, 7) is 3.14. The molecule has 2 aromatic rings. The number of H-pyrrole nitrogens is 1. The summed E-state index contributed by atoms with van der Waals surface area (Å²) < 4.78 is 10.6. The molecule has 0 radical (unpaired) electrons. The van der Waals surface area contributed by atoms with E-state index in [9.17, 15) is 0 Å². The van der Waals surface area contributed by atoms with Gasteiger partial charge in [0.2, 0.25) is 0 Å². The van der Waals surface area contributed by atoms with Gasteiger partial charge in [0, 0.05) is 25.0 Å². The summed E-state index contributed by atoms with van der Waals surface area (Å²) in [5, 5.41) is 3.35. The molecule has 0 bridgehead atoms. The van der Waals surface area contributed by atoms with Gasteiger partial charge in [-0.3, -0.25) is 0 Å². The molecule has 0 fully saturated rings. The fraction of sp³-hybridized carbons (Fsp3) is 0.385. The fourth-order valence-corrected chi connectivity index (χ4v) is 1.57. The number of ether oxygens (including phenoxy) is 1. The van der Waals surface area contributed by atoms with Crippen LogP contribution in [0.5, 0.6) is 0 Å². The van der Waals surface area contributed by atoms with Crippen LogP contribution in [0.15, 0.2) is 41.1 Å². The average molecular weight is 234 g/mol. The van der Waals surface area contributed by atoms with Crippen LogP contribution in [0.4, 0.5) is 0 Å². The van der Waals surface area contributed by atoms with Crippen LogP contribution in [0.3, 0.4) is 0 Å². The number of furan rings is 1. The summed E-state index contributed by atoms with van der Waals surface area (Å²) in [4.78, 5) is 3.15. The first-order chi connectivity index (χ1) is 8.45. The summed E-state index contributed by atoms with van der Waals surface area (Å²) in [6, 6.07) is 7.87. The molecule has 0 saturated heterocycles. The minimum atomic E-state index is 0.559. The number of nitrogens with one attached hydrogen (secondary N) is 2. The molecule has 0 amide bonds. The molecule has 0 spiro atoms. The molecule has 0 atom stereocenters. The second-order valence-corrected chi connectivity index (χ2v) is 3.86. The van der Waals surface area contributed by atoms with Gasteiger partial charge in [-0.2, -0.15) is 0 Å². The second kappa shape index (κ2) is 6.93. The van der Waals surface area contributed by atoms with E-state index < -0.39 is 0 Å². The van der Waals surface area contributed by atoms with E-state index in [1.807, 2.05) is 24.4 Å². The Balaban J connectivity index is 1.44. The Kier molecular flexibility index (Phi) is 4.87. The monoisotopic (exact) mass is 234 g/mol. The molecule has 4 nitrogen and oxygen atoms in total. The van der Waals surface area contributed by atoms with Crippen LogP contribution in [0.25, 0.3) is 0 Å². The fourth-order valence-electron chi connectivity index (χ4n) is 1.57. The number of hydrogen-bond donors (Lipinski definition) is 2. The van der Waals surface area contributed by atoms with Crippen LogP contribution in [-0.2, 0) is 17.9 Å². The molecule has 0 unspecified atom stereocenters. The molecule has 2 N–H and O–H groups in total. The molecular weight excluding hydrogens is 216 g/mol. The third-order valence-corrected chi connectivity index (χ3v) is 2.44. The standard InChI is InChI=1S/C13H18N2O2/c1-4-12(15-7-1)10-14-6-3-8-16-11-13-5-2-9-17-13/h1-2,4-5,7,9,14-15H,3,6,8,10-11H2. The number of rotatable bonds is 8. The lowest BCUT2D eigenvalue weighted by Gasteiger charge is -2.04. The van der Waals surface area contributed by atoms with Gasteiger partial charge in [-0.15, -0.1) is 0 Å². The van der Waals surface area contributed by atoms with Gasteiger partial charge in [-0.1, -0.05) is 0 Å². The number of aromatic nitrogens is 1. The number of hydrogen-bond acceptors (Lipinski definition) is 3. The van der Waals surface area contributed by atoms with Crippen LogP contribution in [0, 0.1) is 0 Å². The smallest absolute Gasteiger partial charge is 0.129 e. The van der Waals surface area contributed by atoms with Gasteiger partial charge in [-0.05, 0) is 37.2 Å². The highest BCUT2D eigenvalue weighted by Crippen LogP contribution is 2.01. The van der Waals surface area contributed by atoms with Gasteiger partial charge in [0.15, 0.2) is 0 Å². The van der Waals surface area contributed by atoms with E-state index in [2.05, 4.69) is 16.4 Å². The first kappa shape index (κ1) is 12.0. The summed E-state index contributed by atoms with van der Waals surface area (Å²) in [6.07, 6.45) is 4.60. The Morgan fingerprint density at radius 2 is 2.29 bits per heavy atom. The molecule has 4 heteroatoms. The first-order valence-electron chi connectivity index (χ1n) is 5.88. The van der Waals surface area contributed by atoms with Gasteiger partial charge in [0.25, 0.3) is 0 Å². The molecule has 0 aliphatic carbocycles. The van der Waals surface area contributed by atoms with Crippen molar-refractivity contribution in [1.82, 2.24) is 10.3 Å². The quantitative estimate of drug-likeness (QED) is 0.689. The Bertz CT molecular complexity index is 343. The van der Waals surface area contributed by atoms with Crippen molar-refractivity contribution in [3.8, 4) is 0 Å². The van der Waals surface area contributed by atoms with Crippen molar-refractivity contribution < 1.29 is 9.15 Å². The second-order valence-electron chi connectivity index (χ2n) is 3.86. The molecule has 92 valence electrons.